The van der Waals surface area contributed by atoms with Crippen molar-refractivity contribution in [2.24, 2.45) is 0 Å². The van der Waals surface area contributed by atoms with E-state index >= 15 is 0 Å². The molecule has 1 aromatic carbocycles. The van der Waals surface area contributed by atoms with E-state index in [1.807, 2.05) is 43.4 Å². The van der Waals surface area contributed by atoms with Crippen molar-refractivity contribution < 1.29 is 9.18 Å². The van der Waals surface area contributed by atoms with E-state index < -0.39 is 0 Å². The van der Waals surface area contributed by atoms with Crippen molar-refractivity contribution in [1.29, 1.82) is 0 Å². The molecule has 3 nitrogen and oxygen atoms in total. The number of halogens is 2. The first kappa shape index (κ1) is 16.2. The summed E-state index contributed by atoms with van der Waals surface area (Å²) in [4.78, 5) is 12.1. The van der Waals surface area contributed by atoms with Crippen molar-refractivity contribution in [3.8, 4) is 0 Å². The number of benzene rings is 1. The predicted molar refractivity (Wildman–Crippen MR) is 84.7 cm³/mol. The molecule has 0 spiro atoms. The standard InChI is InChI=1S/C14H20FIN2O/c1-5-14(3,4)18-13(19)9(2)17-12-7-6-10(15)8-11(12)16/h6-9,17H,5H2,1-4H3,(H,18,19). The van der Waals surface area contributed by atoms with Crippen molar-refractivity contribution in [1.82, 2.24) is 5.32 Å². The maximum absolute atomic E-state index is 13.0. The molecule has 2 N–H and O–H groups in total. The normalized spacial score (nSPS) is 12.9. The van der Waals surface area contributed by atoms with E-state index in [-0.39, 0.29) is 23.3 Å². The first-order valence-corrected chi connectivity index (χ1v) is 7.36. The van der Waals surface area contributed by atoms with Gasteiger partial charge in [-0.3, -0.25) is 4.79 Å². The van der Waals surface area contributed by atoms with Gasteiger partial charge in [-0.05, 0) is 68.0 Å². The fourth-order valence-electron chi connectivity index (χ4n) is 1.44. The smallest absolute Gasteiger partial charge is 0.242 e. The van der Waals surface area contributed by atoms with E-state index in [0.717, 1.165) is 15.7 Å². The van der Waals surface area contributed by atoms with Crippen LogP contribution in [0.25, 0.3) is 0 Å². The molecule has 1 unspecified atom stereocenters. The lowest BCUT2D eigenvalue weighted by Crippen LogP contribution is -2.48. The third kappa shape index (κ3) is 4.97. The molecule has 19 heavy (non-hydrogen) atoms. The Hall–Kier alpha value is -0.850. The summed E-state index contributed by atoms with van der Waals surface area (Å²) >= 11 is 2.04. The molecular formula is C14H20FIN2O. The number of anilines is 1. The average molecular weight is 378 g/mol. The summed E-state index contributed by atoms with van der Waals surface area (Å²) in [5.41, 5.74) is 0.544. The quantitative estimate of drug-likeness (QED) is 0.770. The summed E-state index contributed by atoms with van der Waals surface area (Å²) in [6.45, 7) is 7.79. The summed E-state index contributed by atoms with van der Waals surface area (Å²) in [5.74, 6) is -0.342. The fourth-order valence-corrected chi connectivity index (χ4v) is 2.07. The van der Waals surface area contributed by atoms with Crippen molar-refractivity contribution in [3.05, 3.63) is 27.6 Å². The van der Waals surface area contributed by atoms with Crippen molar-refractivity contribution in [2.45, 2.75) is 45.7 Å². The SMILES string of the molecule is CCC(C)(C)NC(=O)C(C)Nc1ccc(F)cc1I. The zero-order valence-corrected chi connectivity index (χ0v) is 13.8. The number of carbonyl (C=O) groups is 1. The Balaban J connectivity index is 2.69. The monoisotopic (exact) mass is 378 g/mol. The number of rotatable bonds is 5. The minimum Gasteiger partial charge on any atom is -0.373 e. The molecule has 1 atom stereocenters. The maximum atomic E-state index is 13.0. The molecule has 0 bridgehead atoms. The van der Waals surface area contributed by atoms with Gasteiger partial charge in [0.05, 0.1) is 0 Å². The van der Waals surface area contributed by atoms with E-state index in [2.05, 4.69) is 10.6 Å². The Bertz CT molecular complexity index is 463. The summed E-state index contributed by atoms with van der Waals surface area (Å²) in [7, 11) is 0. The van der Waals surface area contributed by atoms with Gasteiger partial charge >= 0.3 is 0 Å². The van der Waals surface area contributed by atoms with Crippen LogP contribution in [0.1, 0.15) is 34.1 Å². The maximum Gasteiger partial charge on any atom is 0.242 e. The zero-order chi connectivity index (χ0) is 14.6. The molecule has 1 rings (SSSR count). The van der Waals surface area contributed by atoms with Gasteiger partial charge < -0.3 is 10.6 Å². The van der Waals surface area contributed by atoms with E-state index in [9.17, 15) is 9.18 Å². The molecule has 0 saturated carbocycles. The predicted octanol–water partition coefficient (Wildman–Crippen LogP) is 3.54. The molecule has 0 heterocycles. The lowest BCUT2D eigenvalue weighted by Gasteiger charge is -2.27. The summed E-state index contributed by atoms with van der Waals surface area (Å²) < 4.78 is 13.8. The van der Waals surface area contributed by atoms with E-state index in [0.29, 0.717) is 0 Å². The molecule has 0 aromatic heterocycles. The van der Waals surface area contributed by atoms with Gasteiger partial charge in [-0.25, -0.2) is 4.39 Å². The van der Waals surface area contributed by atoms with Gasteiger partial charge in [0, 0.05) is 14.8 Å². The molecule has 0 aliphatic heterocycles. The molecule has 1 aromatic rings. The molecule has 5 heteroatoms. The highest BCUT2D eigenvalue weighted by atomic mass is 127. The summed E-state index contributed by atoms with van der Waals surface area (Å²) in [6, 6.07) is 4.09. The Labute approximate surface area is 127 Å². The zero-order valence-electron chi connectivity index (χ0n) is 11.7. The van der Waals surface area contributed by atoms with Gasteiger partial charge in [0.15, 0.2) is 0 Å². The van der Waals surface area contributed by atoms with Crippen LogP contribution in [0.5, 0.6) is 0 Å². The van der Waals surface area contributed by atoms with Crippen LogP contribution >= 0.6 is 22.6 Å². The number of hydrogen-bond donors (Lipinski definition) is 2. The Kier molecular flexibility index (Phi) is 5.58. The molecule has 0 fully saturated rings. The van der Waals surface area contributed by atoms with Crippen LogP contribution in [0.4, 0.5) is 10.1 Å². The van der Waals surface area contributed by atoms with E-state index in [4.69, 9.17) is 0 Å². The summed E-state index contributed by atoms with van der Waals surface area (Å²) in [6.07, 6.45) is 0.861. The van der Waals surface area contributed by atoms with Gasteiger partial charge in [-0.1, -0.05) is 6.92 Å². The topological polar surface area (TPSA) is 41.1 Å². The lowest BCUT2D eigenvalue weighted by atomic mass is 10.0. The molecule has 0 aliphatic carbocycles. The van der Waals surface area contributed by atoms with Crippen LogP contribution in [-0.4, -0.2) is 17.5 Å². The van der Waals surface area contributed by atoms with Crippen molar-refractivity contribution in [2.75, 3.05) is 5.32 Å². The second kappa shape index (κ2) is 6.54. The first-order valence-electron chi connectivity index (χ1n) is 6.29. The average Bonchev–Trinajstić information content (AvgIpc) is 2.32. The van der Waals surface area contributed by atoms with Crippen LogP contribution in [0.15, 0.2) is 18.2 Å². The number of nitrogens with one attached hydrogen (secondary N) is 2. The fraction of sp³-hybridized carbons (Fsp3) is 0.500. The number of amides is 1. The van der Waals surface area contributed by atoms with Crippen LogP contribution in [0.3, 0.4) is 0 Å². The van der Waals surface area contributed by atoms with Gasteiger partial charge in [0.25, 0.3) is 0 Å². The second-order valence-corrected chi connectivity index (χ2v) is 6.38. The Morgan fingerprint density at radius 1 is 1.47 bits per heavy atom. The highest BCUT2D eigenvalue weighted by Gasteiger charge is 2.22. The van der Waals surface area contributed by atoms with E-state index in [1.165, 1.54) is 12.1 Å². The second-order valence-electron chi connectivity index (χ2n) is 5.22. The van der Waals surface area contributed by atoms with Crippen molar-refractivity contribution >= 4 is 34.2 Å². The number of hydrogen-bond acceptors (Lipinski definition) is 2. The van der Waals surface area contributed by atoms with Crippen LogP contribution in [0, 0.1) is 9.39 Å². The first-order chi connectivity index (χ1) is 8.75. The molecule has 0 aliphatic rings. The molecule has 106 valence electrons. The third-order valence-electron chi connectivity index (χ3n) is 3.04. The highest BCUT2D eigenvalue weighted by Crippen LogP contribution is 2.20. The Morgan fingerprint density at radius 3 is 2.63 bits per heavy atom. The highest BCUT2D eigenvalue weighted by molar-refractivity contribution is 14.1. The Morgan fingerprint density at radius 2 is 2.11 bits per heavy atom. The van der Waals surface area contributed by atoms with Crippen molar-refractivity contribution in [3.63, 3.8) is 0 Å². The molecule has 0 saturated heterocycles. The van der Waals surface area contributed by atoms with Gasteiger partial charge in [0.2, 0.25) is 5.91 Å². The van der Waals surface area contributed by atoms with Crippen LogP contribution < -0.4 is 10.6 Å². The number of carbonyl (C=O) groups excluding carboxylic acids is 1. The van der Waals surface area contributed by atoms with Gasteiger partial charge in [-0.15, -0.1) is 0 Å². The lowest BCUT2D eigenvalue weighted by molar-refractivity contribution is -0.123. The minimum absolute atomic E-state index is 0.0630. The minimum atomic E-state index is -0.371. The van der Waals surface area contributed by atoms with Gasteiger partial charge in [0.1, 0.15) is 11.9 Å². The summed E-state index contributed by atoms with van der Waals surface area (Å²) in [5, 5.41) is 6.08. The molecular weight excluding hydrogens is 358 g/mol. The molecule has 0 radical (unpaired) electrons. The van der Waals surface area contributed by atoms with Crippen LogP contribution in [0.2, 0.25) is 0 Å². The molecule has 1 amide bonds. The van der Waals surface area contributed by atoms with E-state index in [1.54, 1.807) is 13.0 Å². The van der Waals surface area contributed by atoms with Crippen LogP contribution in [-0.2, 0) is 4.79 Å². The largest absolute Gasteiger partial charge is 0.373 e. The van der Waals surface area contributed by atoms with Gasteiger partial charge in [-0.2, -0.15) is 0 Å². The third-order valence-corrected chi connectivity index (χ3v) is 3.93.